The Kier molecular flexibility index (Phi) is 17.0. The highest BCUT2D eigenvalue weighted by Gasteiger charge is 2.07. The normalized spacial score (nSPS) is 12.7. The summed E-state index contributed by atoms with van der Waals surface area (Å²) >= 11 is 0. The van der Waals surface area contributed by atoms with Crippen LogP contribution in [0.3, 0.4) is 0 Å². The molecule has 0 aromatic carbocycles. The van der Waals surface area contributed by atoms with Crippen molar-refractivity contribution in [2.45, 2.75) is 117 Å². The zero-order valence-electron chi connectivity index (χ0n) is 15.9. The molecule has 0 aromatic rings. The first-order valence-corrected chi connectivity index (χ1v) is 10.0. The Hall–Kier alpha value is -0.790. The molecule has 0 fully saturated rings. The lowest BCUT2D eigenvalue weighted by atomic mass is 10.1. The molecule has 0 bridgehead atoms. The molecule has 0 unspecified atom stereocenters. The summed E-state index contributed by atoms with van der Waals surface area (Å²) in [5.41, 5.74) is 0. The first-order chi connectivity index (χ1) is 11.2. The fourth-order valence-corrected chi connectivity index (χ4v) is 2.68. The number of esters is 1. The predicted molar refractivity (Wildman–Crippen MR) is 101 cm³/mol. The van der Waals surface area contributed by atoms with Crippen LogP contribution in [0.1, 0.15) is 111 Å². The molecule has 0 N–H and O–H groups in total. The highest BCUT2D eigenvalue weighted by atomic mass is 16.5. The zero-order valence-corrected chi connectivity index (χ0v) is 15.9. The van der Waals surface area contributed by atoms with Gasteiger partial charge >= 0.3 is 5.97 Å². The Labute approximate surface area is 145 Å². The van der Waals surface area contributed by atoms with Crippen molar-refractivity contribution in [1.82, 2.24) is 0 Å². The second kappa shape index (κ2) is 17.6. The summed E-state index contributed by atoms with van der Waals surface area (Å²) in [5.74, 6) is -0.0382. The van der Waals surface area contributed by atoms with Gasteiger partial charge in [0.25, 0.3) is 0 Å². The number of carbonyl (C=O) groups excluding carboxylic acids is 1. The van der Waals surface area contributed by atoms with Gasteiger partial charge in [-0.1, -0.05) is 70.9 Å². The molecule has 23 heavy (non-hydrogen) atoms. The van der Waals surface area contributed by atoms with Gasteiger partial charge in [0.1, 0.15) is 0 Å². The standard InChI is InChI=1S/C21H40O2/c1-4-6-7-8-9-10-11-12-13-14-15-16-17-19-20(3)23-21(22)18-5-2/h8-9,20H,4-7,10-19H2,1-3H3/t20-/m1/s1. The van der Waals surface area contributed by atoms with Crippen molar-refractivity contribution >= 4 is 5.97 Å². The van der Waals surface area contributed by atoms with E-state index in [1.165, 1.54) is 70.6 Å². The van der Waals surface area contributed by atoms with E-state index in [1.807, 2.05) is 13.8 Å². The number of ether oxygens (including phenoxy) is 1. The van der Waals surface area contributed by atoms with Gasteiger partial charge in [-0.05, 0) is 45.4 Å². The SMILES string of the molecule is CCCCC=CCCCCCCCCC[C@@H](C)OC(=O)CCC. The number of allylic oxidation sites excluding steroid dienone is 2. The minimum Gasteiger partial charge on any atom is -0.463 e. The van der Waals surface area contributed by atoms with Crippen LogP contribution in [0.2, 0.25) is 0 Å². The Bertz CT molecular complexity index is 284. The van der Waals surface area contributed by atoms with Crippen molar-refractivity contribution in [2.24, 2.45) is 0 Å². The molecule has 0 saturated carbocycles. The van der Waals surface area contributed by atoms with E-state index in [2.05, 4.69) is 19.1 Å². The van der Waals surface area contributed by atoms with Crippen LogP contribution in [-0.4, -0.2) is 12.1 Å². The molecule has 0 radical (unpaired) electrons. The van der Waals surface area contributed by atoms with Gasteiger partial charge in [0.05, 0.1) is 6.10 Å². The molecule has 136 valence electrons. The number of unbranched alkanes of at least 4 members (excludes halogenated alkanes) is 9. The lowest BCUT2D eigenvalue weighted by Gasteiger charge is -2.12. The molecule has 0 saturated heterocycles. The van der Waals surface area contributed by atoms with Crippen LogP contribution in [0.25, 0.3) is 0 Å². The summed E-state index contributed by atoms with van der Waals surface area (Å²) in [6.45, 7) is 6.27. The summed E-state index contributed by atoms with van der Waals surface area (Å²) in [7, 11) is 0. The molecule has 0 aromatic heterocycles. The van der Waals surface area contributed by atoms with Crippen molar-refractivity contribution in [3.8, 4) is 0 Å². The van der Waals surface area contributed by atoms with E-state index in [-0.39, 0.29) is 12.1 Å². The maximum atomic E-state index is 11.4. The van der Waals surface area contributed by atoms with E-state index in [1.54, 1.807) is 0 Å². The maximum Gasteiger partial charge on any atom is 0.306 e. The Balaban J connectivity index is 3.24. The van der Waals surface area contributed by atoms with Crippen LogP contribution >= 0.6 is 0 Å². The van der Waals surface area contributed by atoms with Crippen molar-refractivity contribution in [2.75, 3.05) is 0 Å². The fourth-order valence-electron chi connectivity index (χ4n) is 2.68. The van der Waals surface area contributed by atoms with Crippen molar-refractivity contribution in [3.05, 3.63) is 12.2 Å². The van der Waals surface area contributed by atoms with Gasteiger partial charge in [-0.25, -0.2) is 0 Å². The minimum absolute atomic E-state index is 0.0382. The van der Waals surface area contributed by atoms with Crippen LogP contribution in [0.5, 0.6) is 0 Å². The van der Waals surface area contributed by atoms with Gasteiger partial charge < -0.3 is 4.74 Å². The number of rotatable bonds is 16. The van der Waals surface area contributed by atoms with Gasteiger partial charge in [0, 0.05) is 6.42 Å². The first-order valence-electron chi connectivity index (χ1n) is 10.0. The average Bonchev–Trinajstić information content (AvgIpc) is 2.52. The Morgan fingerprint density at radius 1 is 0.826 bits per heavy atom. The van der Waals surface area contributed by atoms with E-state index < -0.39 is 0 Å². The zero-order chi connectivity index (χ0) is 17.2. The van der Waals surface area contributed by atoms with Crippen molar-refractivity contribution in [1.29, 1.82) is 0 Å². The molecule has 0 spiro atoms. The van der Waals surface area contributed by atoms with E-state index in [0.29, 0.717) is 6.42 Å². The molecule has 2 nitrogen and oxygen atoms in total. The third-order valence-electron chi connectivity index (χ3n) is 4.16. The molecule has 0 amide bonds. The largest absolute Gasteiger partial charge is 0.463 e. The van der Waals surface area contributed by atoms with Crippen molar-refractivity contribution < 1.29 is 9.53 Å². The summed E-state index contributed by atoms with van der Waals surface area (Å²) in [6.07, 6.45) is 21.6. The second-order valence-corrected chi connectivity index (χ2v) is 6.72. The lowest BCUT2D eigenvalue weighted by molar-refractivity contribution is -0.148. The highest BCUT2D eigenvalue weighted by Crippen LogP contribution is 2.12. The molecule has 0 aliphatic heterocycles. The third-order valence-corrected chi connectivity index (χ3v) is 4.16. The summed E-state index contributed by atoms with van der Waals surface area (Å²) in [5, 5.41) is 0. The van der Waals surface area contributed by atoms with E-state index in [4.69, 9.17) is 4.74 Å². The molecular weight excluding hydrogens is 284 g/mol. The van der Waals surface area contributed by atoms with Gasteiger partial charge in [-0.3, -0.25) is 4.79 Å². The summed E-state index contributed by atoms with van der Waals surface area (Å²) in [6, 6.07) is 0. The van der Waals surface area contributed by atoms with E-state index in [9.17, 15) is 4.79 Å². The molecule has 0 aliphatic carbocycles. The van der Waals surface area contributed by atoms with Gasteiger partial charge in [0.15, 0.2) is 0 Å². The highest BCUT2D eigenvalue weighted by molar-refractivity contribution is 5.69. The topological polar surface area (TPSA) is 26.3 Å². The summed E-state index contributed by atoms with van der Waals surface area (Å²) in [4.78, 5) is 11.4. The molecule has 1 atom stereocenters. The monoisotopic (exact) mass is 324 g/mol. The molecule has 0 heterocycles. The van der Waals surface area contributed by atoms with Gasteiger partial charge in [0.2, 0.25) is 0 Å². The number of hydrogen-bond acceptors (Lipinski definition) is 2. The molecular formula is C21H40O2. The Morgan fingerprint density at radius 3 is 2.00 bits per heavy atom. The van der Waals surface area contributed by atoms with Crippen LogP contribution in [-0.2, 0) is 9.53 Å². The number of carbonyl (C=O) groups is 1. The van der Waals surface area contributed by atoms with Crippen LogP contribution in [0.4, 0.5) is 0 Å². The van der Waals surface area contributed by atoms with Crippen LogP contribution < -0.4 is 0 Å². The lowest BCUT2D eigenvalue weighted by Crippen LogP contribution is -2.14. The second-order valence-electron chi connectivity index (χ2n) is 6.72. The van der Waals surface area contributed by atoms with Crippen molar-refractivity contribution in [3.63, 3.8) is 0 Å². The van der Waals surface area contributed by atoms with Gasteiger partial charge in [-0.2, -0.15) is 0 Å². The molecule has 0 rings (SSSR count). The van der Waals surface area contributed by atoms with E-state index in [0.717, 1.165) is 12.8 Å². The fraction of sp³-hybridized carbons (Fsp3) is 0.857. The molecule has 2 heteroatoms. The third kappa shape index (κ3) is 17.4. The van der Waals surface area contributed by atoms with Crippen LogP contribution in [0, 0.1) is 0 Å². The van der Waals surface area contributed by atoms with Crippen LogP contribution in [0.15, 0.2) is 12.2 Å². The quantitative estimate of drug-likeness (QED) is 0.174. The minimum atomic E-state index is -0.0382. The Morgan fingerprint density at radius 2 is 1.39 bits per heavy atom. The molecule has 0 aliphatic rings. The average molecular weight is 325 g/mol. The smallest absolute Gasteiger partial charge is 0.306 e. The van der Waals surface area contributed by atoms with Gasteiger partial charge in [-0.15, -0.1) is 0 Å². The summed E-state index contributed by atoms with van der Waals surface area (Å²) < 4.78 is 5.35. The first kappa shape index (κ1) is 22.2. The number of hydrogen-bond donors (Lipinski definition) is 0. The predicted octanol–water partition coefficient (Wildman–Crippen LogP) is 6.98. The maximum absolute atomic E-state index is 11.4. The van der Waals surface area contributed by atoms with E-state index >= 15 is 0 Å².